The number of nitrogens with one attached hydrogen (secondary N) is 1. The summed E-state index contributed by atoms with van der Waals surface area (Å²) in [4.78, 5) is 24.7. The molecule has 0 spiro atoms. The highest BCUT2D eigenvalue weighted by Crippen LogP contribution is 2.32. The molecule has 0 fully saturated rings. The monoisotopic (exact) mass is 489 g/mol. The van der Waals surface area contributed by atoms with Crippen LogP contribution in [0.25, 0.3) is 11.3 Å². The van der Waals surface area contributed by atoms with Crippen LogP contribution in [0.15, 0.2) is 34.9 Å². The summed E-state index contributed by atoms with van der Waals surface area (Å²) in [6.45, 7) is 8.98. The van der Waals surface area contributed by atoms with Gasteiger partial charge >= 0.3 is 0 Å². The van der Waals surface area contributed by atoms with Gasteiger partial charge in [-0.25, -0.2) is 13.5 Å². The highest BCUT2D eigenvalue weighted by atomic mass is 19.3. The fourth-order valence-electron chi connectivity index (χ4n) is 3.59. The average molecular weight is 490 g/mol. The third kappa shape index (κ3) is 5.84. The minimum absolute atomic E-state index is 0.00722. The van der Waals surface area contributed by atoms with Crippen LogP contribution in [0.3, 0.4) is 0 Å². The van der Waals surface area contributed by atoms with E-state index in [-0.39, 0.29) is 34.3 Å². The van der Waals surface area contributed by atoms with E-state index in [1.807, 2.05) is 0 Å². The van der Waals surface area contributed by atoms with Gasteiger partial charge in [0.25, 0.3) is 12.3 Å². The van der Waals surface area contributed by atoms with E-state index in [1.54, 1.807) is 37.3 Å². The van der Waals surface area contributed by atoms with Crippen LogP contribution in [0, 0.1) is 5.41 Å². The number of anilines is 2. The SMILES string of the molecule is [2H]C(F)(F)C(C)n1nc(-c2ccc(C(C)C(=O)Nc3cc(CC(C)(C)C)no3)cc2)c(C(N)=O)c1N. The first-order chi connectivity index (χ1) is 16.6. The second-order valence-electron chi connectivity index (χ2n) is 9.64. The molecule has 0 aliphatic carbocycles. The van der Waals surface area contributed by atoms with Gasteiger partial charge < -0.3 is 16.0 Å². The summed E-state index contributed by atoms with van der Waals surface area (Å²) in [5, 5.41) is 10.7. The number of amides is 2. The van der Waals surface area contributed by atoms with Gasteiger partial charge in [0.1, 0.15) is 24.5 Å². The molecule has 3 aromatic rings. The van der Waals surface area contributed by atoms with Crippen LogP contribution in [0.5, 0.6) is 0 Å². The molecule has 35 heavy (non-hydrogen) atoms. The zero-order valence-electron chi connectivity index (χ0n) is 21.2. The lowest BCUT2D eigenvalue weighted by Gasteiger charge is -2.15. The number of nitrogen functional groups attached to an aromatic ring is 1. The van der Waals surface area contributed by atoms with Crippen molar-refractivity contribution >= 4 is 23.5 Å². The first kappa shape index (κ1) is 24.4. The Bertz CT molecular complexity index is 1260. The standard InChI is InChI=1S/C24H30F2N6O3/c1-12(23(34)29-17-10-16(31-35-17)11-24(3,4)5)14-6-8-15(9-7-14)19-18(22(28)33)21(27)32(30-19)13(2)20(25)26/h6-10,12-13,20H,11,27H2,1-5H3,(H2,28,33)(H,29,34)/i20D. The zero-order chi connectivity index (χ0) is 27.0. The summed E-state index contributed by atoms with van der Waals surface area (Å²) in [7, 11) is 0. The molecule has 2 amide bonds. The number of carbonyl (C=O) groups excluding carboxylic acids is 2. The minimum Gasteiger partial charge on any atom is -0.383 e. The predicted molar refractivity (Wildman–Crippen MR) is 128 cm³/mol. The summed E-state index contributed by atoms with van der Waals surface area (Å²) < 4.78 is 40.0. The summed E-state index contributed by atoms with van der Waals surface area (Å²) >= 11 is 0. The highest BCUT2D eigenvalue weighted by Gasteiger charge is 2.27. The Labute approximate surface area is 203 Å². The zero-order valence-corrected chi connectivity index (χ0v) is 20.2. The maximum Gasteiger partial charge on any atom is 0.260 e. The molecule has 5 N–H and O–H groups in total. The lowest BCUT2D eigenvalue weighted by Crippen LogP contribution is -2.19. The Kier molecular flexibility index (Phi) is 6.86. The first-order valence-corrected chi connectivity index (χ1v) is 11.0. The predicted octanol–water partition coefficient (Wildman–Crippen LogP) is 4.38. The molecule has 3 rings (SSSR count). The van der Waals surface area contributed by atoms with Crippen molar-refractivity contribution < 1.29 is 24.3 Å². The maximum atomic E-state index is 13.6. The lowest BCUT2D eigenvalue weighted by atomic mass is 9.91. The highest BCUT2D eigenvalue weighted by molar-refractivity contribution is 6.03. The number of halogens is 2. The van der Waals surface area contributed by atoms with Crippen LogP contribution in [0.2, 0.25) is 0 Å². The van der Waals surface area contributed by atoms with Crippen molar-refractivity contribution in [1.82, 2.24) is 14.9 Å². The Morgan fingerprint density at radius 1 is 1.23 bits per heavy atom. The van der Waals surface area contributed by atoms with E-state index in [2.05, 4.69) is 36.3 Å². The van der Waals surface area contributed by atoms with Gasteiger partial charge in [-0.15, -0.1) is 0 Å². The quantitative estimate of drug-likeness (QED) is 0.429. The van der Waals surface area contributed by atoms with E-state index < -0.39 is 24.3 Å². The van der Waals surface area contributed by atoms with Crippen LogP contribution in [-0.2, 0) is 11.2 Å². The summed E-state index contributed by atoms with van der Waals surface area (Å²) in [5.41, 5.74) is 12.9. The molecule has 2 atom stereocenters. The number of rotatable bonds is 8. The number of benzene rings is 1. The molecular weight excluding hydrogens is 458 g/mol. The molecule has 0 aliphatic rings. The van der Waals surface area contributed by atoms with Gasteiger partial charge in [0.15, 0.2) is 0 Å². The first-order valence-electron chi connectivity index (χ1n) is 11.5. The van der Waals surface area contributed by atoms with E-state index in [1.165, 1.54) is 0 Å². The molecule has 2 heterocycles. The smallest absolute Gasteiger partial charge is 0.260 e. The van der Waals surface area contributed by atoms with Crippen LogP contribution in [0.1, 0.15) is 69.6 Å². The van der Waals surface area contributed by atoms with Gasteiger partial charge in [0.05, 0.1) is 11.6 Å². The lowest BCUT2D eigenvalue weighted by molar-refractivity contribution is -0.117. The van der Waals surface area contributed by atoms with Gasteiger partial charge in [-0.2, -0.15) is 5.10 Å². The van der Waals surface area contributed by atoms with Crippen molar-refractivity contribution in [2.45, 2.75) is 59.4 Å². The number of hydrogen-bond donors (Lipinski definition) is 3. The molecule has 1 aromatic carbocycles. The molecular formula is C24H30F2N6O3. The summed E-state index contributed by atoms with van der Waals surface area (Å²) in [6, 6.07) is 6.41. The van der Waals surface area contributed by atoms with E-state index in [0.717, 1.165) is 17.3 Å². The second kappa shape index (κ2) is 9.85. The minimum atomic E-state index is -3.88. The van der Waals surface area contributed by atoms with Crippen LogP contribution < -0.4 is 16.8 Å². The normalized spacial score (nSPS) is 14.3. The van der Waals surface area contributed by atoms with Crippen molar-refractivity contribution in [3.05, 3.63) is 47.2 Å². The summed E-state index contributed by atoms with van der Waals surface area (Å²) in [6.07, 6.45) is -3.19. The molecule has 0 saturated heterocycles. The summed E-state index contributed by atoms with van der Waals surface area (Å²) in [5.74, 6) is -1.94. The Morgan fingerprint density at radius 2 is 1.86 bits per heavy atom. The Morgan fingerprint density at radius 3 is 2.40 bits per heavy atom. The van der Waals surface area contributed by atoms with Crippen LogP contribution in [0.4, 0.5) is 20.5 Å². The van der Waals surface area contributed by atoms with E-state index in [9.17, 15) is 18.4 Å². The van der Waals surface area contributed by atoms with Crippen LogP contribution in [-0.4, -0.2) is 33.2 Å². The van der Waals surface area contributed by atoms with E-state index in [0.29, 0.717) is 17.5 Å². The van der Waals surface area contributed by atoms with Crippen LogP contribution >= 0.6 is 0 Å². The van der Waals surface area contributed by atoms with E-state index in [4.69, 9.17) is 17.4 Å². The van der Waals surface area contributed by atoms with Gasteiger partial charge in [-0.1, -0.05) is 50.2 Å². The molecule has 0 saturated carbocycles. The third-order valence-electron chi connectivity index (χ3n) is 5.47. The number of aromatic nitrogens is 3. The van der Waals surface area contributed by atoms with Gasteiger partial charge in [-0.3, -0.25) is 14.9 Å². The van der Waals surface area contributed by atoms with Gasteiger partial charge in [-0.05, 0) is 31.2 Å². The second-order valence-corrected chi connectivity index (χ2v) is 9.64. The topological polar surface area (TPSA) is 142 Å². The molecule has 188 valence electrons. The fraction of sp³-hybridized carbons (Fsp3) is 0.417. The number of nitrogens with zero attached hydrogens (tertiary/aromatic N) is 3. The number of nitrogens with two attached hydrogens (primary N) is 2. The van der Waals surface area contributed by atoms with Crippen molar-refractivity contribution in [3.8, 4) is 11.3 Å². The molecule has 11 heteroatoms. The molecule has 2 unspecified atom stereocenters. The van der Waals surface area contributed by atoms with Gasteiger partial charge in [0.2, 0.25) is 11.8 Å². The fourth-order valence-corrected chi connectivity index (χ4v) is 3.59. The largest absolute Gasteiger partial charge is 0.383 e. The van der Waals surface area contributed by atoms with Crippen molar-refractivity contribution in [2.24, 2.45) is 11.1 Å². The Balaban J connectivity index is 1.81. The molecule has 0 bridgehead atoms. The number of primary amides is 1. The molecule has 0 radical (unpaired) electrons. The van der Waals surface area contributed by atoms with E-state index >= 15 is 0 Å². The molecule has 9 nitrogen and oxygen atoms in total. The van der Waals surface area contributed by atoms with Gasteiger partial charge in [0, 0.05) is 11.6 Å². The van der Waals surface area contributed by atoms with Crippen molar-refractivity contribution in [2.75, 3.05) is 11.1 Å². The van der Waals surface area contributed by atoms with Crippen molar-refractivity contribution in [3.63, 3.8) is 0 Å². The van der Waals surface area contributed by atoms with Crippen molar-refractivity contribution in [1.29, 1.82) is 0 Å². The average Bonchev–Trinajstić information content (AvgIpc) is 3.34. The number of carbonyl (C=O) groups is 2. The molecule has 2 aromatic heterocycles. The third-order valence-corrected chi connectivity index (χ3v) is 5.47. The Hall–Kier alpha value is -3.76. The molecule has 0 aliphatic heterocycles. The number of hydrogen-bond acceptors (Lipinski definition) is 6. The maximum absolute atomic E-state index is 13.6. The number of alkyl halides is 2.